The highest BCUT2D eigenvalue weighted by atomic mass is 79.9. The predicted octanol–water partition coefficient (Wildman–Crippen LogP) is 7.23. The molecule has 0 aliphatic rings. The van der Waals surface area contributed by atoms with Gasteiger partial charge < -0.3 is 19.9 Å². The van der Waals surface area contributed by atoms with E-state index in [4.69, 9.17) is 24.9 Å². The van der Waals surface area contributed by atoms with Crippen molar-refractivity contribution in [2.24, 2.45) is 0 Å². The molecule has 0 amide bonds. The van der Waals surface area contributed by atoms with Crippen molar-refractivity contribution in [2.75, 3.05) is 27.1 Å². The van der Waals surface area contributed by atoms with Gasteiger partial charge in [-0.3, -0.25) is 4.79 Å². The van der Waals surface area contributed by atoms with Crippen molar-refractivity contribution in [1.82, 2.24) is 4.98 Å². The van der Waals surface area contributed by atoms with Gasteiger partial charge in [-0.1, -0.05) is 46.3 Å². The van der Waals surface area contributed by atoms with Crippen molar-refractivity contribution in [2.45, 2.75) is 0 Å². The summed E-state index contributed by atoms with van der Waals surface area (Å²) < 4.78 is 17.6. The molecule has 37 heavy (non-hydrogen) atoms. The number of ether oxygens (including phenoxy) is 3. The van der Waals surface area contributed by atoms with Crippen molar-refractivity contribution in [3.05, 3.63) is 87.7 Å². The lowest BCUT2D eigenvalue weighted by Crippen LogP contribution is -2.02. The van der Waals surface area contributed by atoms with E-state index in [1.165, 1.54) is 11.3 Å². The average Bonchev–Trinajstić information content (AvgIpc) is 3.28. The zero-order valence-corrected chi connectivity index (χ0v) is 22.8. The minimum atomic E-state index is -0.148. The summed E-state index contributed by atoms with van der Waals surface area (Å²) in [4.78, 5) is 19.5. The van der Waals surface area contributed by atoms with Crippen LogP contribution in [0.3, 0.4) is 0 Å². The van der Waals surface area contributed by atoms with Crippen molar-refractivity contribution in [3.63, 3.8) is 0 Å². The van der Waals surface area contributed by atoms with Crippen molar-refractivity contribution < 1.29 is 19.0 Å². The minimum Gasteiger partial charge on any atom is -0.493 e. The molecule has 6 nitrogen and oxygen atoms in total. The van der Waals surface area contributed by atoms with Gasteiger partial charge in [0.25, 0.3) is 0 Å². The van der Waals surface area contributed by atoms with Crippen LogP contribution in [0.1, 0.15) is 15.2 Å². The summed E-state index contributed by atoms with van der Waals surface area (Å²) in [6.07, 6.45) is 0. The number of anilines is 1. The molecule has 3 aromatic carbocycles. The summed E-state index contributed by atoms with van der Waals surface area (Å²) in [6.45, 7) is 0. The highest BCUT2D eigenvalue weighted by Gasteiger charge is 2.24. The molecule has 0 fully saturated rings. The van der Waals surface area contributed by atoms with Gasteiger partial charge in [-0.05, 0) is 53.6 Å². The Balaban J connectivity index is 1.79. The van der Waals surface area contributed by atoms with Gasteiger partial charge in [0.1, 0.15) is 9.71 Å². The maximum atomic E-state index is 13.5. The number of aromatic nitrogens is 1. The van der Waals surface area contributed by atoms with Gasteiger partial charge in [0.05, 0.1) is 32.7 Å². The zero-order chi connectivity index (χ0) is 26.1. The van der Waals surface area contributed by atoms with E-state index in [9.17, 15) is 4.79 Å². The van der Waals surface area contributed by atoms with Crippen LogP contribution < -0.4 is 19.9 Å². The number of nitrogens with zero attached hydrogens (tertiary/aromatic N) is 1. The van der Waals surface area contributed by atoms with E-state index >= 15 is 0 Å². The zero-order valence-electron chi connectivity index (χ0n) is 20.4. The van der Waals surface area contributed by atoms with Gasteiger partial charge in [-0.15, -0.1) is 11.3 Å². The van der Waals surface area contributed by atoms with E-state index < -0.39 is 0 Å². The number of nitrogens with two attached hydrogens (primary N) is 1. The van der Waals surface area contributed by atoms with E-state index in [0.29, 0.717) is 43.6 Å². The van der Waals surface area contributed by atoms with Gasteiger partial charge in [0.15, 0.2) is 11.5 Å². The van der Waals surface area contributed by atoms with E-state index in [1.54, 1.807) is 33.5 Å². The lowest BCUT2D eigenvalue weighted by molar-refractivity contribution is 0.104. The Morgan fingerprint density at radius 1 is 0.865 bits per heavy atom. The Kier molecular flexibility index (Phi) is 6.86. The fourth-order valence-electron chi connectivity index (χ4n) is 4.24. The first-order valence-corrected chi connectivity index (χ1v) is 12.9. The number of ketones is 1. The number of rotatable bonds is 7. The Morgan fingerprint density at radius 3 is 2.11 bits per heavy atom. The molecule has 0 radical (unpaired) electrons. The molecule has 5 rings (SSSR count). The second-order valence-electron chi connectivity index (χ2n) is 8.20. The molecular weight excluding hydrogens is 552 g/mol. The lowest BCUT2D eigenvalue weighted by atomic mass is 9.98. The number of carbonyl (C=O) groups excluding carboxylic acids is 1. The average molecular weight is 575 g/mol. The van der Waals surface area contributed by atoms with E-state index in [0.717, 1.165) is 26.9 Å². The first-order chi connectivity index (χ1) is 17.9. The number of methoxy groups -OCH3 is 3. The van der Waals surface area contributed by atoms with Crippen LogP contribution in [0.5, 0.6) is 17.2 Å². The Morgan fingerprint density at radius 2 is 1.51 bits per heavy atom. The third-order valence-corrected chi connectivity index (χ3v) is 7.68. The molecule has 2 aromatic heterocycles. The first-order valence-electron chi connectivity index (χ1n) is 11.3. The predicted molar refractivity (Wildman–Crippen MR) is 152 cm³/mol. The molecule has 0 aliphatic heterocycles. The molecule has 8 heteroatoms. The summed E-state index contributed by atoms with van der Waals surface area (Å²) in [6, 6.07) is 22.8. The third-order valence-electron chi connectivity index (χ3n) is 6.06. The molecule has 0 atom stereocenters. The molecule has 2 heterocycles. The van der Waals surface area contributed by atoms with Crippen molar-refractivity contribution >= 4 is 49.0 Å². The van der Waals surface area contributed by atoms with Crippen LogP contribution in [0.4, 0.5) is 5.69 Å². The number of pyridine rings is 1. The standard InChI is InChI=1S/C29H23BrN2O4S/c1-34-22-13-18(14-23(35-2)27(22)36-3)20-15-21(16-7-5-4-6-8-16)32-29-24(20)25(31)28(37-29)26(33)17-9-11-19(30)12-10-17/h4-15H,31H2,1-3H3. The lowest BCUT2D eigenvalue weighted by Gasteiger charge is -2.15. The number of carbonyl (C=O) groups is 1. The fraction of sp³-hybridized carbons (Fsp3) is 0.103. The highest BCUT2D eigenvalue weighted by molar-refractivity contribution is 9.10. The number of benzene rings is 3. The van der Waals surface area contributed by atoms with E-state index in [-0.39, 0.29) is 5.78 Å². The molecule has 0 aliphatic carbocycles. The number of fused-ring (bicyclic) bond motifs is 1. The van der Waals surface area contributed by atoms with Gasteiger partial charge in [-0.25, -0.2) is 4.98 Å². The maximum Gasteiger partial charge on any atom is 0.205 e. The Labute approximate surface area is 226 Å². The second-order valence-corrected chi connectivity index (χ2v) is 10.1. The summed E-state index contributed by atoms with van der Waals surface area (Å²) in [7, 11) is 4.72. The maximum absolute atomic E-state index is 13.5. The third kappa shape index (κ3) is 4.54. The van der Waals surface area contributed by atoms with Crippen LogP contribution in [0.25, 0.3) is 32.6 Å². The summed E-state index contributed by atoms with van der Waals surface area (Å²) in [5, 5.41) is 0.708. The molecule has 0 bridgehead atoms. The number of halogens is 1. The van der Waals surface area contributed by atoms with E-state index in [2.05, 4.69) is 15.9 Å². The summed E-state index contributed by atoms with van der Waals surface area (Å²) >= 11 is 4.71. The SMILES string of the molecule is COc1cc(-c2cc(-c3ccccc3)nc3sc(C(=O)c4ccc(Br)cc4)c(N)c23)cc(OC)c1OC. The second kappa shape index (κ2) is 10.2. The van der Waals surface area contributed by atoms with Crippen molar-refractivity contribution in [3.8, 4) is 39.6 Å². The quantitative estimate of drug-likeness (QED) is 0.206. The van der Waals surface area contributed by atoms with Crippen LogP contribution in [0.15, 0.2) is 77.3 Å². The van der Waals surface area contributed by atoms with Gasteiger partial charge in [-0.2, -0.15) is 0 Å². The van der Waals surface area contributed by atoms with Gasteiger partial charge in [0, 0.05) is 21.0 Å². The van der Waals surface area contributed by atoms with Crippen LogP contribution in [0, 0.1) is 0 Å². The molecule has 0 saturated carbocycles. The summed E-state index contributed by atoms with van der Waals surface area (Å²) in [5.74, 6) is 1.38. The fourth-order valence-corrected chi connectivity index (χ4v) is 5.59. The van der Waals surface area contributed by atoms with Gasteiger partial charge in [0.2, 0.25) is 11.5 Å². The number of nitrogen functional groups attached to an aromatic ring is 1. The molecule has 0 unspecified atom stereocenters. The topological polar surface area (TPSA) is 83.7 Å². The molecular formula is C29H23BrN2O4S. The monoisotopic (exact) mass is 574 g/mol. The van der Waals surface area contributed by atoms with Crippen LogP contribution in [-0.4, -0.2) is 32.1 Å². The van der Waals surface area contributed by atoms with Crippen LogP contribution in [0.2, 0.25) is 0 Å². The Hall–Kier alpha value is -3.88. The summed E-state index contributed by atoms with van der Waals surface area (Å²) in [5.41, 5.74) is 11.0. The number of hydrogen-bond donors (Lipinski definition) is 1. The normalized spacial score (nSPS) is 10.9. The Bertz CT molecular complexity index is 1590. The van der Waals surface area contributed by atoms with Crippen molar-refractivity contribution in [1.29, 1.82) is 0 Å². The minimum absolute atomic E-state index is 0.148. The molecule has 5 aromatic rings. The largest absolute Gasteiger partial charge is 0.493 e. The van der Waals surface area contributed by atoms with Crippen LogP contribution >= 0.6 is 27.3 Å². The first kappa shape index (κ1) is 24.8. The number of thiophene rings is 1. The highest BCUT2D eigenvalue weighted by Crippen LogP contribution is 2.46. The number of hydrogen-bond acceptors (Lipinski definition) is 7. The molecule has 0 spiro atoms. The van der Waals surface area contributed by atoms with Crippen LogP contribution in [-0.2, 0) is 0 Å². The molecule has 2 N–H and O–H groups in total. The molecule has 186 valence electrons. The van der Waals surface area contributed by atoms with E-state index in [1.807, 2.05) is 60.7 Å². The smallest absolute Gasteiger partial charge is 0.205 e. The molecule has 0 saturated heterocycles. The van der Waals surface area contributed by atoms with Gasteiger partial charge >= 0.3 is 0 Å².